The molecule has 3 aromatic carbocycles. The van der Waals surface area contributed by atoms with Crippen molar-refractivity contribution in [3.63, 3.8) is 0 Å². The van der Waals surface area contributed by atoms with Gasteiger partial charge in [-0.25, -0.2) is 8.42 Å². The quantitative estimate of drug-likeness (QED) is 0.491. The number of benzene rings is 3. The summed E-state index contributed by atoms with van der Waals surface area (Å²) in [5.41, 5.74) is 1.36. The van der Waals surface area contributed by atoms with Gasteiger partial charge < -0.3 is 10.1 Å². The van der Waals surface area contributed by atoms with E-state index in [0.717, 1.165) is 9.87 Å². The molecule has 3 rings (SSSR count). The first kappa shape index (κ1) is 22.7. The molecule has 0 aliphatic heterocycles. The lowest BCUT2D eigenvalue weighted by Crippen LogP contribution is -2.41. The predicted octanol–water partition coefficient (Wildman–Crippen LogP) is 4.04. The number of hydrogen-bond acceptors (Lipinski definition) is 4. The van der Waals surface area contributed by atoms with Gasteiger partial charge in [-0.1, -0.05) is 47.5 Å². The molecule has 0 spiro atoms. The van der Waals surface area contributed by atoms with Crippen LogP contribution in [0.2, 0.25) is 5.02 Å². The Balaban J connectivity index is 1.66. The summed E-state index contributed by atoms with van der Waals surface area (Å²) in [6.07, 6.45) is 0. The lowest BCUT2D eigenvalue weighted by molar-refractivity contribution is -0.119. The van der Waals surface area contributed by atoms with Crippen molar-refractivity contribution in [2.24, 2.45) is 0 Å². The van der Waals surface area contributed by atoms with Gasteiger partial charge >= 0.3 is 0 Å². The normalized spacial score (nSPS) is 11.0. The highest BCUT2D eigenvalue weighted by Crippen LogP contribution is 2.23. The molecule has 8 heteroatoms. The van der Waals surface area contributed by atoms with Gasteiger partial charge in [0.1, 0.15) is 18.9 Å². The van der Waals surface area contributed by atoms with E-state index >= 15 is 0 Å². The molecule has 0 unspecified atom stereocenters. The van der Waals surface area contributed by atoms with Crippen LogP contribution in [-0.4, -0.2) is 34.0 Å². The second kappa shape index (κ2) is 10.3. The van der Waals surface area contributed by atoms with Crippen LogP contribution in [0.5, 0.6) is 5.75 Å². The SMILES string of the molecule is Cc1ccc(S(=O)(=O)N(CC(=O)NCCOc2ccc(Cl)cc2)c2ccccc2)cc1. The van der Waals surface area contributed by atoms with E-state index in [-0.39, 0.29) is 24.6 Å². The summed E-state index contributed by atoms with van der Waals surface area (Å²) in [6, 6.07) is 22.0. The van der Waals surface area contributed by atoms with Gasteiger partial charge in [-0.15, -0.1) is 0 Å². The molecular formula is C23H23ClN2O4S. The topological polar surface area (TPSA) is 75.7 Å². The van der Waals surface area contributed by atoms with E-state index in [9.17, 15) is 13.2 Å². The minimum Gasteiger partial charge on any atom is -0.492 e. The maximum atomic E-state index is 13.2. The van der Waals surface area contributed by atoms with Gasteiger partial charge in [0.05, 0.1) is 17.1 Å². The van der Waals surface area contributed by atoms with Gasteiger partial charge in [-0.3, -0.25) is 9.10 Å². The Morgan fingerprint density at radius 1 is 0.968 bits per heavy atom. The number of ether oxygens (including phenoxy) is 1. The molecule has 31 heavy (non-hydrogen) atoms. The summed E-state index contributed by atoms with van der Waals surface area (Å²) in [6.45, 7) is 2.00. The van der Waals surface area contributed by atoms with Gasteiger partial charge in [0.15, 0.2) is 0 Å². The first-order chi connectivity index (χ1) is 14.9. The van der Waals surface area contributed by atoms with Gasteiger partial charge in [-0.2, -0.15) is 0 Å². The molecule has 0 aliphatic rings. The molecule has 6 nitrogen and oxygen atoms in total. The summed E-state index contributed by atoms with van der Waals surface area (Å²) >= 11 is 5.84. The van der Waals surface area contributed by atoms with Crippen LogP contribution >= 0.6 is 11.6 Å². The molecule has 1 amide bonds. The highest BCUT2D eigenvalue weighted by atomic mass is 35.5. The molecule has 0 radical (unpaired) electrons. The average molecular weight is 459 g/mol. The van der Waals surface area contributed by atoms with E-state index in [4.69, 9.17) is 16.3 Å². The number of aryl methyl sites for hydroxylation is 1. The van der Waals surface area contributed by atoms with Gasteiger partial charge in [0, 0.05) is 5.02 Å². The Kier molecular flexibility index (Phi) is 7.55. The molecule has 0 atom stereocenters. The first-order valence-corrected chi connectivity index (χ1v) is 11.5. The fourth-order valence-corrected chi connectivity index (χ4v) is 4.37. The smallest absolute Gasteiger partial charge is 0.264 e. The molecule has 3 aromatic rings. The highest BCUT2D eigenvalue weighted by molar-refractivity contribution is 7.92. The molecule has 162 valence electrons. The third-order valence-corrected chi connectivity index (χ3v) is 6.49. The van der Waals surface area contributed by atoms with E-state index in [0.29, 0.717) is 16.5 Å². The maximum Gasteiger partial charge on any atom is 0.264 e. The van der Waals surface area contributed by atoms with Crippen LogP contribution in [-0.2, 0) is 14.8 Å². The highest BCUT2D eigenvalue weighted by Gasteiger charge is 2.26. The van der Waals surface area contributed by atoms with Crippen LogP contribution in [0.3, 0.4) is 0 Å². The molecule has 0 heterocycles. The summed E-state index contributed by atoms with van der Waals surface area (Å²) < 4.78 is 33.1. The Morgan fingerprint density at radius 2 is 1.61 bits per heavy atom. The second-order valence-electron chi connectivity index (χ2n) is 6.81. The maximum absolute atomic E-state index is 13.2. The summed E-state index contributed by atoms with van der Waals surface area (Å²) in [4.78, 5) is 12.7. The number of nitrogens with zero attached hydrogens (tertiary/aromatic N) is 1. The lowest BCUT2D eigenvalue weighted by Gasteiger charge is -2.24. The van der Waals surface area contributed by atoms with Crippen LogP contribution in [0.15, 0.2) is 83.8 Å². The van der Waals surface area contributed by atoms with Crippen LogP contribution in [0.25, 0.3) is 0 Å². The second-order valence-corrected chi connectivity index (χ2v) is 9.11. The Hall–Kier alpha value is -3.03. The Labute approximate surface area is 187 Å². The van der Waals surface area contributed by atoms with Crippen molar-refractivity contribution in [3.05, 3.63) is 89.4 Å². The molecule has 1 N–H and O–H groups in total. The monoisotopic (exact) mass is 458 g/mol. The molecule has 0 saturated carbocycles. The standard InChI is InChI=1S/C23H23ClN2O4S/c1-18-7-13-22(14-8-18)31(28,29)26(20-5-3-2-4-6-20)17-23(27)25-15-16-30-21-11-9-19(24)10-12-21/h2-14H,15-17H2,1H3,(H,25,27). The number of amides is 1. The van der Waals surface area contributed by atoms with Gasteiger partial charge in [0.2, 0.25) is 5.91 Å². The third kappa shape index (κ3) is 6.23. The zero-order chi connectivity index (χ0) is 22.3. The minimum atomic E-state index is -3.91. The molecule has 0 aliphatic carbocycles. The predicted molar refractivity (Wildman–Crippen MR) is 122 cm³/mol. The summed E-state index contributed by atoms with van der Waals surface area (Å²) in [5, 5.41) is 3.31. The molecule has 0 saturated heterocycles. The van der Waals surface area contributed by atoms with Crippen molar-refractivity contribution in [1.82, 2.24) is 5.32 Å². The van der Waals surface area contributed by atoms with Gasteiger partial charge in [0.25, 0.3) is 10.0 Å². The van der Waals surface area contributed by atoms with Crippen LogP contribution in [0.4, 0.5) is 5.69 Å². The molecule has 0 aromatic heterocycles. The van der Waals surface area contributed by atoms with Crippen LogP contribution < -0.4 is 14.4 Å². The Bertz CT molecular complexity index is 1100. The summed E-state index contributed by atoms with van der Waals surface area (Å²) in [7, 11) is -3.91. The van der Waals surface area contributed by atoms with Crippen molar-refractivity contribution in [2.75, 3.05) is 24.0 Å². The van der Waals surface area contributed by atoms with E-state index in [1.807, 2.05) is 6.92 Å². The number of anilines is 1. The minimum absolute atomic E-state index is 0.126. The van der Waals surface area contributed by atoms with E-state index in [1.165, 1.54) is 0 Å². The van der Waals surface area contributed by atoms with E-state index in [1.54, 1.807) is 78.9 Å². The largest absolute Gasteiger partial charge is 0.492 e. The first-order valence-electron chi connectivity index (χ1n) is 9.66. The van der Waals surface area contributed by atoms with Crippen LogP contribution in [0, 0.1) is 6.92 Å². The van der Waals surface area contributed by atoms with Crippen molar-refractivity contribution in [2.45, 2.75) is 11.8 Å². The average Bonchev–Trinajstić information content (AvgIpc) is 2.77. The number of carbonyl (C=O) groups is 1. The van der Waals surface area contributed by atoms with Crippen molar-refractivity contribution in [1.29, 1.82) is 0 Å². The lowest BCUT2D eigenvalue weighted by atomic mass is 10.2. The number of halogens is 1. The van der Waals surface area contributed by atoms with E-state index < -0.39 is 15.9 Å². The third-order valence-electron chi connectivity index (χ3n) is 4.45. The molecular weight excluding hydrogens is 436 g/mol. The number of nitrogens with one attached hydrogen (secondary N) is 1. The van der Waals surface area contributed by atoms with E-state index in [2.05, 4.69) is 5.32 Å². The van der Waals surface area contributed by atoms with Crippen molar-refractivity contribution in [3.8, 4) is 5.75 Å². The molecule has 0 bridgehead atoms. The fraction of sp³-hybridized carbons (Fsp3) is 0.174. The number of para-hydroxylation sites is 1. The number of hydrogen-bond donors (Lipinski definition) is 1. The zero-order valence-electron chi connectivity index (χ0n) is 17.0. The fourth-order valence-electron chi connectivity index (χ4n) is 2.82. The van der Waals surface area contributed by atoms with Crippen molar-refractivity contribution < 1.29 is 17.9 Å². The zero-order valence-corrected chi connectivity index (χ0v) is 18.6. The number of carbonyl (C=O) groups excluding carboxylic acids is 1. The van der Waals surface area contributed by atoms with Crippen LogP contribution in [0.1, 0.15) is 5.56 Å². The summed E-state index contributed by atoms with van der Waals surface area (Å²) in [5.74, 6) is 0.200. The number of rotatable bonds is 9. The Morgan fingerprint density at radius 3 is 2.26 bits per heavy atom. The number of sulfonamides is 1. The van der Waals surface area contributed by atoms with Crippen molar-refractivity contribution >= 4 is 33.2 Å². The molecule has 0 fully saturated rings. The van der Waals surface area contributed by atoms with Gasteiger partial charge in [-0.05, 0) is 55.5 Å².